The summed E-state index contributed by atoms with van der Waals surface area (Å²) < 4.78 is 27.0. The Morgan fingerprint density at radius 2 is 2.06 bits per heavy atom. The number of halogens is 2. The molecule has 17 heavy (non-hydrogen) atoms. The number of hydrogen-bond donors (Lipinski definition) is 1. The first-order valence-corrected chi connectivity index (χ1v) is 6.94. The standard InChI is InChI=1S/C13H17F2NS/c1-3-5-11-12(16-4-2)9-6-8(14)7-10(15)13(9)17-11/h6-7,11-12,16H,3-5H2,1-2H3. The summed E-state index contributed by atoms with van der Waals surface area (Å²) in [7, 11) is 0. The Labute approximate surface area is 105 Å². The molecule has 0 aromatic heterocycles. The van der Waals surface area contributed by atoms with Crippen LogP contribution in [-0.4, -0.2) is 11.8 Å². The van der Waals surface area contributed by atoms with Gasteiger partial charge in [-0.15, -0.1) is 11.8 Å². The van der Waals surface area contributed by atoms with Crippen LogP contribution in [0, 0.1) is 11.6 Å². The lowest BCUT2D eigenvalue weighted by Gasteiger charge is -2.19. The highest BCUT2D eigenvalue weighted by Crippen LogP contribution is 2.47. The van der Waals surface area contributed by atoms with Gasteiger partial charge in [-0.05, 0) is 24.6 Å². The van der Waals surface area contributed by atoms with Crippen molar-refractivity contribution in [3.63, 3.8) is 0 Å². The Kier molecular flexibility index (Phi) is 4.05. The van der Waals surface area contributed by atoms with E-state index < -0.39 is 11.6 Å². The van der Waals surface area contributed by atoms with E-state index in [2.05, 4.69) is 12.2 Å². The predicted octanol–water partition coefficient (Wildman–Crippen LogP) is 3.89. The molecule has 2 rings (SSSR count). The van der Waals surface area contributed by atoms with Gasteiger partial charge in [-0.3, -0.25) is 0 Å². The van der Waals surface area contributed by atoms with Gasteiger partial charge in [0.25, 0.3) is 0 Å². The van der Waals surface area contributed by atoms with E-state index in [9.17, 15) is 8.78 Å². The van der Waals surface area contributed by atoms with Crippen LogP contribution < -0.4 is 5.32 Å². The van der Waals surface area contributed by atoms with E-state index in [4.69, 9.17) is 0 Å². The molecular weight excluding hydrogens is 240 g/mol. The molecule has 1 aromatic rings. The second-order valence-electron chi connectivity index (χ2n) is 4.29. The number of nitrogens with one attached hydrogen (secondary N) is 1. The van der Waals surface area contributed by atoms with Crippen LogP contribution in [0.1, 0.15) is 38.3 Å². The first kappa shape index (κ1) is 12.8. The molecule has 94 valence electrons. The van der Waals surface area contributed by atoms with Crippen molar-refractivity contribution in [3.05, 3.63) is 29.3 Å². The van der Waals surface area contributed by atoms with Gasteiger partial charge in [0.1, 0.15) is 11.6 Å². The number of hydrogen-bond acceptors (Lipinski definition) is 2. The molecule has 4 heteroatoms. The van der Waals surface area contributed by atoms with Gasteiger partial charge < -0.3 is 5.32 Å². The van der Waals surface area contributed by atoms with Gasteiger partial charge in [0.2, 0.25) is 0 Å². The molecule has 1 aromatic carbocycles. The summed E-state index contributed by atoms with van der Waals surface area (Å²) in [5.41, 5.74) is 0.785. The Balaban J connectivity index is 2.35. The topological polar surface area (TPSA) is 12.0 Å². The van der Waals surface area contributed by atoms with Gasteiger partial charge in [0.05, 0.1) is 0 Å². The third kappa shape index (κ3) is 2.47. The van der Waals surface area contributed by atoms with Gasteiger partial charge >= 0.3 is 0 Å². The fraction of sp³-hybridized carbons (Fsp3) is 0.538. The first-order chi connectivity index (χ1) is 8.17. The van der Waals surface area contributed by atoms with E-state index in [1.54, 1.807) is 0 Å². The molecule has 1 heterocycles. The quantitative estimate of drug-likeness (QED) is 0.878. The fourth-order valence-electron chi connectivity index (χ4n) is 2.33. The van der Waals surface area contributed by atoms with Crippen molar-refractivity contribution in [2.24, 2.45) is 0 Å². The highest BCUT2D eigenvalue weighted by molar-refractivity contribution is 8.00. The Bertz CT molecular complexity index is 409. The fourth-order valence-corrected chi connectivity index (χ4v) is 3.86. The Morgan fingerprint density at radius 1 is 1.29 bits per heavy atom. The van der Waals surface area contributed by atoms with E-state index >= 15 is 0 Å². The highest BCUT2D eigenvalue weighted by Gasteiger charge is 2.34. The summed E-state index contributed by atoms with van der Waals surface area (Å²) in [5.74, 6) is -0.909. The first-order valence-electron chi connectivity index (χ1n) is 6.06. The maximum absolute atomic E-state index is 13.7. The Morgan fingerprint density at radius 3 is 2.71 bits per heavy atom. The zero-order valence-electron chi connectivity index (χ0n) is 10.1. The van der Waals surface area contributed by atoms with E-state index in [0.717, 1.165) is 31.0 Å². The Hall–Kier alpha value is -0.610. The minimum Gasteiger partial charge on any atom is -0.309 e. The largest absolute Gasteiger partial charge is 0.309 e. The summed E-state index contributed by atoms with van der Waals surface area (Å²) in [4.78, 5) is 0.621. The van der Waals surface area contributed by atoms with Gasteiger partial charge in [0.15, 0.2) is 0 Å². The maximum atomic E-state index is 13.7. The second-order valence-corrected chi connectivity index (χ2v) is 5.54. The van der Waals surface area contributed by atoms with E-state index in [-0.39, 0.29) is 6.04 Å². The molecule has 0 aliphatic carbocycles. The zero-order chi connectivity index (χ0) is 12.4. The van der Waals surface area contributed by atoms with Crippen LogP contribution in [0.5, 0.6) is 0 Å². The molecule has 0 bridgehead atoms. The van der Waals surface area contributed by atoms with Gasteiger partial charge in [-0.2, -0.15) is 0 Å². The molecule has 1 nitrogen and oxygen atoms in total. The van der Waals surface area contributed by atoms with Crippen molar-refractivity contribution in [1.29, 1.82) is 0 Å². The third-order valence-electron chi connectivity index (χ3n) is 3.01. The van der Waals surface area contributed by atoms with E-state index in [1.165, 1.54) is 17.8 Å². The predicted molar refractivity (Wildman–Crippen MR) is 67.3 cm³/mol. The van der Waals surface area contributed by atoms with Gasteiger partial charge in [-0.25, -0.2) is 8.78 Å². The van der Waals surface area contributed by atoms with Gasteiger partial charge in [0, 0.05) is 22.3 Å². The summed E-state index contributed by atoms with van der Waals surface area (Å²) >= 11 is 1.54. The summed E-state index contributed by atoms with van der Waals surface area (Å²) in [6, 6.07) is 2.52. The van der Waals surface area contributed by atoms with E-state index in [1.807, 2.05) is 6.92 Å². The molecule has 0 spiro atoms. The van der Waals surface area contributed by atoms with Crippen molar-refractivity contribution >= 4 is 11.8 Å². The van der Waals surface area contributed by atoms with Crippen LogP contribution in [0.25, 0.3) is 0 Å². The average Bonchev–Trinajstić information content (AvgIpc) is 2.59. The monoisotopic (exact) mass is 257 g/mol. The minimum absolute atomic E-state index is 0.0742. The number of fused-ring (bicyclic) bond motifs is 1. The molecule has 1 aliphatic heterocycles. The third-order valence-corrected chi connectivity index (χ3v) is 4.49. The van der Waals surface area contributed by atoms with Crippen LogP contribution in [0.3, 0.4) is 0 Å². The number of thioether (sulfide) groups is 1. The number of benzene rings is 1. The van der Waals surface area contributed by atoms with Crippen LogP contribution >= 0.6 is 11.8 Å². The molecule has 2 unspecified atom stereocenters. The van der Waals surface area contributed by atoms with Crippen molar-refractivity contribution in [2.75, 3.05) is 6.54 Å². The molecule has 0 radical (unpaired) electrons. The van der Waals surface area contributed by atoms with E-state index in [0.29, 0.717) is 10.1 Å². The SMILES string of the molecule is CCCC1Sc2c(F)cc(F)cc2C1NCC. The van der Waals surface area contributed by atoms with Crippen molar-refractivity contribution in [1.82, 2.24) is 5.32 Å². The molecule has 1 N–H and O–H groups in total. The average molecular weight is 257 g/mol. The highest BCUT2D eigenvalue weighted by atomic mass is 32.2. The summed E-state index contributed by atoms with van der Waals surface area (Å²) in [5, 5.41) is 3.65. The molecule has 0 fully saturated rings. The molecule has 2 atom stereocenters. The zero-order valence-corrected chi connectivity index (χ0v) is 10.9. The van der Waals surface area contributed by atoms with Crippen molar-refractivity contribution < 1.29 is 8.78 Å². The van der Waals surface area contributed by atoms with Crippen molar-refractivity contribution in [2.45, 2.75) is 42.9 Å². The molecule has 0 saturated carbocycles. The van der Waals surface area contributed by atoms with Crippen LogP contribution in [0.4, 0.5) is 8.78 Å². The lowest BCUT2D eigenvalue weighted by molar-refractivity contribution is 0.500. The van der Waals surface area contributed by atoms with Crippen LogP contribution in [0.2, 0.25) is 0 Å². The normalized spacial score (nSPS) is 22.8. The molecular formula is C13H17F2NS. The van der Waals surface area contributed by atoms with Crippen LogP contribution in [-0.2, 0) is 0 Å². The second kappa shape index (κ2) is 5.36. The summed E-state index contributed by atoms with van der Waals surface area (Å²) in [6.45, 7) is 4.94. The summed E-state index contributed by atoms with van der Waals surface area (Å²) in [6.07, 6.45) is 2.07. The molecule has 0 amide bonds. The lowest BCUT2D eigenvalue weighted by Crippen LogP contribution is -2.27. The smallest absolute Gasteiger partial charge is 0.140 e. The minimum atomic E-state index is -0.484. The maximum Gasteiger partial charge on any atom is 0.140 e. The molecule has 1 aliphatic rings. The van der Waals surface area contributed by atoms with Crippen LogP contribution in [0.15, 0.2) is 17.0 Å². The number of rotatable bonds is 4. The lowest BCUT2D eigenvalue weighted by atomic mass is 10.0. The molecule has 0 saturated heterocycles. The van der Waals surface area contributed by atoms with Gasteiger partial charge in [-0.1, -0.05) is 20.3 Å². The van der Waals surface area contributed by atoms with Crippen molar-refractivity contribution in [3.8, 4) is 0 Å².